The van der Waals surface area contributed by atoms with E-state index in [0.717, 1.165) is 6.42 Å². The van der Waals surface area contributed by atoms with Crippen molar-refractivity contribution >= 4 is 23.2 Å². The molecule has 1 N–H and O–H groups in total. The number of hydrogen-bond acceptors (Lipinski definition) is 1. The van der Waals surface area contributed by atoms with Crippen molar-refractivity contribution in [3.8, 4) is 0 Å². The lowest BCUT2D eigenvalue weighted by Gasteiger charge is -2.36. The van der Waals surface area contributed by atoms with Gasteiger partial charge in [-0.25, -0.2) is 0 Å². The summed E-state index contributed by atoms with van der Waals surface area (Å²) in [4.78, 5) is 0. The number of hydrogen-bond donors (Lipinski definition) is 1. The fraction of sp³-hybridized carbons (Fsp3) is 0.600. The van der Waals surface area contributed by atoms with E-state index in [4.69, 9.17) is 23.2 Å². The van der Waals surface area contributed by atoms with Crippen molar-refractivity contribution in [2.24, 2.45) is 11.8 Å². The van der Waals surface area contributed by atoms with E-state index in [2.05, 4.69) is 0 Å². The zero-order valence-corrected chi connectivity index (χ0v) is 12.8. The van der Waals surface area contributed by atoms with Gasteiger partial charge in [0, 0.05) is 16.5 Å². The van der Waals surface area contributed by atoms with Crippen molar-refractivity contribution in [1.82, 2.24) is 0 Å². The van der Waals surface area contributed by atoms with Crippen molar-refractivity contribution < 1.29 is 18.3 Å². The van der Waals surface area contributed by atoms with Gasteiger partial charge in [0.05, 0.1) is 12.0 Å². The summed E-state index contributed by atoms with van der Waals surface area (Å²) in [5.41, 5.74) is 0.625. The molecule has 0 heterocycles. The molecular weight excluding hydrogens is 324 g/mol. The number of halogens is 5. The lowest BCUT2D eigenvalue weighted by molar-refractivity contribution is -0.206. The smallest absolute Gasteiger partial charge is 0.392 e. The van der Waals surface area contributed by atoms with Crippen LogP contribution >= 0.6 is 23.2 Å². The quantitative estimate of drug-likeness (QED) is 0.795. The zero-order valence-electron chi connectivity index (χ0n) is 11.3. The van der Waals surface area contributed by atoms with E-state index in [1.807, 2.05) is 0 Å². The van der Waals surface area contributed by atoms with Gasteiger partial charge in [-0.1, -0.05) is 42.1 Å². The van der Waals surface area contributed by atoms with Crippen LogP contribution in [-0.4, -0.2) is 17.4 Å². The molecule has 1 fully saturated rings. The third-order valence-corrected chi connectivity index (χ3v) is 4.77. The molecule has 0 amide bonds. The molecule has 1 nitrogen and oxygen atoms in total. The lowest BCUT2D eigenvalue weighted by Crippen LogP contribution is -2.40. The van der Waals surface area contributed by atoms with Crippen molar-refractivity contribution in [2.75, 3.05) is 0 Å². The number of rotatable bonds is 3. The summed E-state index contributed by atoms with van der Waals surface area (Å²) in [7, 11) is 0. The predicted octanol–water partition coefficient (Wildman–Crippen LogP) is 5.27. The molecule has 1 aromatic rings. The number of aliphatic hydroxyl groups excluding tert-OH is 1. The molecule has 0 aliphatic heterocycles. The maximum absolute atomic E-state index is 13.1. The first kappa shape index (κ1) is 16.9. The molecule has 1 aliphatic carbocycles. The topological polar surface area (TPSA) is 20.2 Å². The van der Waals surface area contributed by atoms with Gasteiger partial charge in [0.15, 0.2) is 0 Å². The fourth-order valence-electron chi connectivity index (χ4n) is 3.09. The minimum Gasteiger partial charge on any atom is -0.392 e. The minimum absolute atomic E-state index is 0.0968. The lowest BCUT2D eigenvalue weighted by atomic mass is 9.74. The Morgan fingerprint density at radius 1 is 1.19 bits per heavy atom. The molecule has 21 heavy (non-hydrogen) atoms. The largest absolute Gasteiger partial charge is 0.392 e. The first-order valence-corrected chi connectivity index (χ1v) is 7.73. The first-order chi connectivity index (χ1) is 9.79. The molecule has 3 unspecified atom stereocenters. The van der Waals surface area contributed by atoms with E-state index in [-0.39, 0.29) is 12.8 Å². The van der Waals surface area contributed by atoms with E-state index in [1.54, 1.807) is 12.1 Å². The third kappa shape index (κ3) is 4.27. The Balaban J connectivity index is 2.12. The summed E-state index contributed by atoms with van der Waals surface area (Å²) >= 11 is 11.8. The van der Waals surface area contributed by atoms with Gasteiger partial charge in [-0.05, 0) is 36.5 Å². The van der Waals surface area contributed by atoms with Crippen LogP contribution in [0.4, 0.5) is 13.2 Å². The summed E-state index contributed by atoms with van der Waals surface area (Å²) in [5.74, 6) is -2.18. The highest BCUT2D eigenvalue weighted by molar-refractivity contribution is 6.35. The average molecular weight is 341 g/mol. The van der Waals surface area contributed by atoms with E-state index < -0.39 is 24.1 Å². The zero-order chi connectivity index (χ0) is 15.6. The third-order valence-electron chi connectivity index (χ3n) is 4.18. The maximum atomic E-state index is 13.1. The number of benzene rings is 1. The molecule has 0 bridgehead atoms. The molecule has 0 radical (unpaired) electrons. The normalized spacial score (nSPS) is 24.9. The van der Waals surface area contributed by atoms with Crippen LogP contribution in [-0.2, 0) is 6.42 Å². The van der Waals surface area contributed by atoms with Gasteiger partial charge >= 0.3 is 6.18 Å². The molecule has 1 saturated carbocycles. The highest BCUT2D eigenvalue weighted by Gasteiger charge is 2.47. The van der Waals surface area contributed by atoms with Crippen LogP contribution in [0.5, 0.6) is 0 Å². The van der Waals surface area contributed by atoms with Crippen LogP contribution in [0.2, 0.25) is 10.0 Å². The van der Waals surface area contributed by atoms with Gasteiger partial charge in [0.2, 0.25) is 0 Å². The Bertz CT molecular complexity index is 490. The van der Waals surface area contributed by atoms with Crippen LogP contribution in [0.25, 0.3) is 0 Å². The Morgan fingerprint density at radius 2 is 1.86 bits per heavy atom. The van der Waals surface area contributed by atoms with Crippen molar-refractivity contribution in [2.45, 2.75) is 44.4 Å². The fourth-order valence-corrected chi connectivity index (χ4v) is 3.58. The summed E-state index contributed by atoms with van der Waals surface area (Å²) in [6.45, 7) is 0. The molecular formula is C15H17Cl2F3O. The summed E-state index contributed by atoms with van der Waals surface area (Å²) in [6.07, 6.45) is -3.40. The molecule has 0 aromatic heterocycles. The molecule has 118 valence electrons. The van der Waals surface area contributed by atoms with Crippen molar-refractivity contribution in [1.29, 1.82) is 0 Å². The monoisotopic (exact) mass is 340 g/mol. The van der Waals surface area contributed by atoms with Crippen LogP contribution in [0, 0.1) is 11.8 Å². The molecule has 0 spiro atoms. The van der Waals surface area contributed by atoms with Crippen LogP contribution in [0.15, 0.2) is 18.2 Å². The summed E-state index contributed by atoms with van der Waals surface area (Å²) < 4.78 is 39.2. The Hall–Kier alpha value is -0.450. The molecule has 3 atom stereocenters. The van der Waals surface area contributed by atoms with E-state index in [1.165, 1.54) is 6.07 Å². The van der Waals surface area contributed by atoms with E-state index in [0.29, 0.717) is 28.5 Å². The van der Waals surface area contributed by atoms with E-state index >= 15 is 0 Å². The van der Waals surface area contributed by atoms with Gasteiger partial charge in [-0.15, -0.1) is 0 Å². The molecule has 6 heteroatoms. The highest BCUT2D eigenvalue weighted by atomic mass is 35.5. The van der Waals surface area contributed by atoms with Crippen molar-refractivity contribution in [3.05, 3.63) is 33.8 Å². The highest BCUT2D eigenvalue weighted by Crippen LogP contribution is 2.43. The average Bonchev–Trinajstić information content (AvgIpc) is 2.41. The summed E-state index contributed by atoms with van der Waals surface area (Å²) in [5, 5.41) is 11.1. The second-order valence-electron chi connectivity index (χ2n) is 5.60. The van der Waals surface area contributed by atoms with Crippen LogP contribution in [0.3, 0.4) is 0 Å². The Kier molecular flexibility index (Phi) is 5.44. The maximum Gasteiger partial charge on any atom is 0.392 e. The Labute approximate surface area is 132 Å². The molecule has 1 aromatic carbocycles. The number of aliphatic hydroxyl groups is 1. The predicted molar refractivity (Wildman–Crippen MR) is 77.7 cm³/mol. The Morgan fingerprint density at radius 3 is 2.48 bits per heavy atom. The minimum atomic E-state index is -4.25. The van der Waals surface area contributed by atoms with E-state index in [9.17, 15) is 18.3 Å². The second kappa shape index (κ2) is 6.76. The molecule has 2 rings (SSSR count). The van der Waals surface area contributed by atoms with Crippen LogP contribution < -0.4 is 0 Å². The van der Waals surface area contributed by atoms with Gasteiger partial charge < -0.3 is 5.11 Å². The second-order valence-corrected chi connectivity index (χ2v) is 6.45. The SMILES string of the molecule is OC(Cc1ccc(Cl)cc1Cl)C1CCCCC1C(F)(F)F. The van der Waals surface area contributed by atoms with Crippen LogP contribution in [0.1, 0.15) is 31.2 Å². The first-order valence-electron chi connectivity index (χ1n) is 6.97. The van der Waals surface area contributed by atoms with Gasteiger partial charge in [0.25, 0.3) is 0 Å². The number of alkyl halides is 3. The van der Waals surface area contributed by atoms with Gasteiger partial charge in [0.1, 0.15) is 0 Å². The molecule has 1 aliphatic rings. The standard InChI is InChI=1S/C15H17Cl2F3O/c16-10-6-5-9(13(17)8-10)7-14(21)11-3-1-2-4-12(11)15(18,19)20/h5-6,8,11-12,14,21H,1-4,7H2. The van der Waals surface area contributed by atoms with Crippen molar-refractivity contribution in [3.63, 3.8) is 0 Å². The summed E-state index contributed by atoms with van der Waals surface area (Å²) in [6, 6.07) is 4.81. The molecule has 0 saturated heterocycles. The van der Waals surface area contributed by atoms with Gasteiger partial charge in [-0.3, -0.25) is 0 Å². The van der Waals surface area contributed by atoms with Gasteiger partial charge in [-0.2, -0.15) is 13.2 Å².